The number of nitrogens with one attached hydrogen (secondary N) is 1. The lowest BCUT2D eigenvalue weighted by Gasteiger charge is -2.12. The van der Waals surface area contributed by atoms with Gasteiger partial charge in [-0.15, -0.1) is 0 Å². The maximum atomic E-state index is 12.7. The summed E-state index contributed by atoms with van der Waals surface area (Å²) in [7, 11) is 5.72. The van der Waals surface area contributed by atoms with Crippen LogP contribution in [-0.4, -0.2) is 63.0 Å². The van der Waals surface area contributed by atoms with Crippen LogP contribution in [-0.2, 0) is 18.4 Å². The first-order valence-electron chi connectivity index (χ1n) is 9.70. The highest BCUT2D eigenvalue weighted by Crippen LogP contribution is 2.22. The van der Waals surface area contributed by atoms with Crippen LogP contribution in [0.4, 0.5) is 18.9 Å². The number of benzene rings is 1. The predicted octanol–water partition coefficient (Wildman–Crippen LogP) is 2.49. The third kappa shape index (κ3) is 6.42. The zero-order chi connectivity index (χ0) is 24.9. The van der Waals surface area contributed by atoms with Gasteiger partial charge in [0.1, 0.15) is 0 Å². The van der Waals surface area contributed by atoms with Crippen LogP contribution in [0, 0.1) is 6.92 Å². The summed E-state index contributed by atoms with van der Waals surface area (Å²) >= 11 is 0. The van der Waals surface area contributed by atoms with Gasteiger partial charge in [0.05, 0.1) is 29.5 Å². The topological polar surface area (TPSA) is 109 Å². The van der Waals surface area contributed by atoms with Crippen LogP contribution in [0.1, 0.15) is 16.1 Å². The van der Waals surface area contributed by atoms with E-state index < -0.39 is 12.1 Å². The smallest absolute Gasteiger partial charge is 0.475 e. The Morgan fingerprint density at radius 1 is 1.18 bits per heavy atom. The van der Waals surface area contributed by atoms with Crippen molar-refractivity contribution in [3.05, 3.63) is 58.1 Å². The molecule has 0 atom stereocenters. The fourth-order valence-electron chi connectivity index (χ4n) is 2.89. The fourth-order valence-corrected chi connectivity index (χ4v) is 2.89. The molecule has 3 aromatic rings. The number of alkyl halides is 3. The normalized spacial score (nSPS) is 11.3. The molecule has 0 radical (unpaired) electrons. The number of rotatable bonds is 5. The van der Waals surface area contributed by atoms with Crippen LogP contribution < -0.4 is 10.9 Å². The van der Waals surface area contributed by atoms with Crippen molar-refractivity contribution >= 4 is 28.5 Å². The standard InChI is InChI=1S/C19H23N5O2.C2HF3O2/c1-13-15(12-20-24(13)11-10-22(2)3)19(26)21-16-6-5-7-17-14(16)8-9-18(25)23(17)4;3-2(4,5)1(6)7/h5-9,12H,10-11H2,1-4H3,(H,21,26);(H,6,7). The fraction of sp³-hybridized carbons (Fsp3) is 0.333. The maximum Gasteiger partial charge on any atom is 0.490 e. The molecule has 0 spiro atoms. The number of carbonyl (C=O) groups excluding carboxylic acids is 1. The molecular weight excluding hydrogens is 443 g/mol. The monoisotopic (exact) mass is 467 g/mol. The third-order valence-electron chi connectivity index (χ3n) is 4.77. The first-order valence-corrected chi connectivity index (χ1v) is 9.70. The number of halogens is 3. The Kier molecular flexibility index (Phi) is 7.99. The molecular formula is C21H24F3N5O4. The molecule has 1 amide bonds. The highest BCUT2D eigenvalue weighted by Gasteiger charge is 2.38. The van der Waals surface area contributed by atoms with Crippen molar-refractivity contribution < 1.29 is 27.9 Å². The van der Waals surface area contributed by atoms with Crippen LogP contribution in [0.25, 0.3) is 10.9 Å². The zero-order valence-corrected chi connectivity index (χ0v) is 18.5. The first-order chi connectivity index (χ1) is 15.3. The summed E-state index contributed by atoms with van der Waals surface area (Å²) in [4.78, 5) is 35.5. The summed E-state index contributed by atoms with van der Waals surface area (Å²) in [6.45, 7) is 3.47. The van der Waals surface area contributed by atoms with E-state index in [-0.39, 0.29) is 11.5 Å². The molecule has 33 heavy (non-hydrogen) atoms. The summed E-state index contributed by atoms with van der Waals surface area (Å²) in [5.74, 6) is -2.97. The molecule has 12 heteroatoms. The van der Waals surface area contributed by atoms with Crippen molar-refractivity contribution in [2.45, 2.75) is 19.6 Å². The zero-order valence-electron chi connectivity index (χ0n) is 18.5. The van der Waals surface area contributed by atoms with Crippen LogP contribution in [0.2, 0.25) is 0 Å². The predicted molar refractivity (Wildman–Crippen MR) is 116 cm³/mol. The van der Waals surface area contributed by atoms with Gasteiger partial charge >= 0.3 is 12.1 Å². The molecule has 9 nitrogen and oxygen atoms in total. The van der Waals surface area contributed by atoms with Crippen LogP contribution in [0.3, 0.4) is 0 Å². The molecule has 0 aliphatic heterocycles. The van der Waals surface area contributed by atoms with Gasteiger partial charge in [0, 0.05) is 30.7 Å². The lowest BCUT2D eigenvalue weighted by atomic mass is 10.1. The van der Waals surface area contributed by atoms with Crippen LogP contribution in [0.5, 0.6) is 0 Å². The summed E-state index contributed by atoms with van der Waals surface area (Å²) in [6, 6.07) is 8.75. The summed E-state index contributed by atoms with van der Waals surface area (Å²) in [6.07, 6.45) is -3.48. The Hall–Kier alpha value is -3.67. The minimum Gasteiger partial charge on any atom is -0.475 e. The lowest BCUT2D eigenvalue weighted by Crippen LogP contribution is -2.21. The minimum absolute atomic E-state index is 0.0843. The average Bonchev–Trinajstić information content (AvgIpc) is 3.09. The number of fused-ring (bicyclic) bond motifs is 1. The Labute approximate surface area is 187 Å². The second-order valence-electron chi connectivity index (χ2n) is 7.40. The molecule has 0 saturated carbocycles. The highest BCUT2D eigenvalue weighted by atomic mass is 19.4. The molecule has 2 heterocycles. The number of carbonyl (C=O) groups is 2. The van der Waals surface area contributed by atoms with E-state index in [0.29, 0.717) is 11.3 Å². The van der Waals surface area contributed by atoms with Crippen LogP contribution >= 0.6 is 0 Å². The molecule has 2 N–H and O–H groups in total. The Balaban J connectivity index is 0.000000479. The molecule has 2 aromatic heterocycles. The number of nitrogens with zero attached hydrogens (tertiary/aromatic N) is 4. The Bertz CT molecular complexity index is 1210. The summed E-state index contributed by atoms with van der Waals surface area (Å²) < 4.78 is 35.1. The number of likely N-dealkylation sites (N-methyl/N-ethyl adjacent to an activating group) is 1. The van der Waals surface area contributed by atoms with Gasteiger partial charge in [0.15, 0.2) is 0 Å². The van der Waals surface area contributed by atoms with E-state index in [4.69, 9.17) is 9.90 Å². The third-order valence-corrected chi connectivity index (χ3v) is 4.77. The molecule has 1 aromatic carbocycles. The van der Waals surface area contributed by atoms with E-state index in [2.05, 4.69) is 15.3 Å². The van der Waals surface area contributed by atoms with Gasteiger partial charge in [-0.05, 0) is 39.2 Å². The number of hydrogen-bond acceptors (Lipinski definition) is 5. The number of aryl methyl sites for hydroxylation is 1. The van der Waals surface area contributed by atoms with E-state index in [9.17, 15) is 22.8 Å². The van der Waals surface area contributed by atoms with E-state index >= 15 is 0 Å². The van der Waals surface area contributed by atoms with Crippen molar-refractivity contribution in [2.24, 2.45) is 7.05 Å². The number of carboxylic acid groups (broad SMARTS) is 1. The van der Waals surface area contributed by atoms with Gasteiger partial charge in [0.25, 0.3) is 11.5 Å². The van der Waals surface area contributed by atoms with E-state index in [1.165, 1.54) is 6.07 Å². The minimum atomic E-state index is -5.08. The number of amides is 1. The summed E-state index contributed by atoms with van der Waals surface area (Å²) in [5.41, 5.74) is 2.73. The summed E-state index contributed by atoms with van der Waals surface area (Å²) in [5, 5.41) is 15.2. The number of pyridine rings is 1. The molecule has 0 aliphatic carbocycles. The Morgan fingerprint density at radius 2 is 1.82 bits per heavy atom. The number of aliphatic carboxylic acids is 1. The van der Waals surface area contributed by atoms with Gasteiger partial charge < -0.3 is 19.9 Å². The largest absolute Gasteiger partial charge is 0.490 e. The maximum absolute atomic E-state index is 12.7. The van der Waals surface area contributed by atoms with Gasteiger partial charge in [-0.25, -0.2) is 4.79 Å². The van der Waals surface area contributed by atoms with E-state index in [1.807, 2.05) is 43.9 Å². The Morgan fingerprint density at radius 3 is 2.39 bits per heavy atom. The number of anilines is 1. The molecule has 0 fully saturated rings. The number of carboxylic acids is 1. The molecule has 0 saturated heterocycles. The van der Waals surface area contributed by atoms with Crippen molar-refractivity contribution in [1.29, 1.82) is 0 Å². The van der Waals surface area contributed by atoms with E-state index in [1.54, 1.807) is 23.9 Å². The van der Waals surface area contributed by atoms with Crippen molar-refractivity contribution in [2.75, 3.05) is 26.0 Å². The van der Waals surface area contributed by atoms with Gasteiger partial charge in [-0.2, -0.15) is 18.3 Å². The first kappa shape index (κ1) is 25.6. The van der Waals surface area contributed by atoms with Crippen molar-refractivity contribution in [1.82, 2.24) is 19.2 Å². The van der Waals surface area contributed by atoms with Gasteiger partial charge in [-0.1, -0.05) is 6.07 Å². The SMILES string of the molecule is Cc1c(C(=O)Nc2cccc3c2ccc(=O)n3C)cnn1CCN(C)C.O=C(O)C(F)(F)F. The van der Waals surface area contributed by atoms with Crippen molar-refractivity contribution in [3.8, 4) is 0 Å². The van der Waals surface area contributed by atoms with Crippen LogP contribution in [0.15, 0.2) is 41.3 Å². The number of aromatic nitrogens is 3. The van der Waals surface area contributed by atoms with Gasteiger partial charge in [-0.3, -0.25) is 14.3 Å². The quantitative estimate of drug-likeness (QED) is 0.597. The molecule has 178 valence electrons. The lowest BCUT2D eigenvalue weighted by molar-refractivity contribution is -0.192. The number of hydrogen-bond donors (Lipinski definition) is 2. The van der Waals surface area contributed by atoms with Gasteiger partial charge in [0.2, 0.25) is 0 Å². The molecule has 3 rings (SSSR count). The highest BCUT2D eigenvalue weighted by molar-refractivity contribution is 6.09. The second kappa shape index (κ2) is 10.3. The van der Waals surface area contributed by atoms with E-state index in [0.717, 1.165) is 29.7 Å². The average molecular weight is 467 g/mol. The molecule has 0 aliphatic rings. The second-order valence-corrected chi connectivity index (χ2v) is 7.40. The molecule has 0 bridgehead atoms. The molecule has 0 unspecified atom stereocenters. The van der Waals surface area contributed by atoms with Crippen molar-refractivity contribution in [3.63, 3.8) is 0 Å².